The molecule has 2 heterocycles. The van der Waals surface area contributed by atoms with E-state index < -0.39 is 0 Å². The number of halogens is 1. The second kappa shape index (κ2) is 4.82. The molecule has 0 N–H and O–H groups in total. The van der Waals surface area contributed by atoms with Gasteiger partial charge in [-0.3, -0.25) is 0 Å². The van der Waals surface area contributed by atoms with Crippen molar-refractivity contribution in [1.29, 1.82) is 5.26 Å². The normalized spacial score (nSPS) is 18.4. The van der Waals surface area contributed by atoms with Gasteiger partial charge in [0.2, 0.25) is 5.82 Å². The van der Waals surface area contributed by atoms with Crippen molar-refractivity contribution in [3.63, 3.8) is 0 Å². The van der Waals surface area contributed by atoms with E-state index in [1.54, 1.807) is 12.1 Å². The van der Waals surface area contributed by atoms with Crippen LogP contribution in [0.2, 0.25) is 0 Å². The Labute approximate surface area is 105 Å². The smallest absolute Gasteiger partial charge is 0.213 e. The summed E-state index contributed by atoms with van der Waals surface area (Å²) < 4.78 is 0.104. The van der Waals surface area contributed by atoms with Crippen molar-refractivity contribution < 1.29 is 4.79 Å². The molecule has 1 amide bonds. The number of quaternary nitrogens is 1. The van der Waals surface area contributed by atoms with Crippen LogP contribution in [0.4, 0.5) is 10.6 Å². The molecule has 1 aromatic rings. The zero-order valence-corrected chi connectivity index (χ0v) is 10.2. The monoisotopic (exact) mass is 250 g/mol. The molecule has 17 heavy (non-hydrogen) atoms. The molecule has 1 aromatic heterocycles. The first-order chi connectivity index (χ1) is 8.19. The molecule has 0 unspecified atom stereocenters. The van der Waals surface area contributed by atoms with E-state index in [-0.39, 0.29) is 9.85 Å². The Morgan fingerprint density at radius 1 is 1.35 bits per heavy atom. The molecule has 0 aromatic carbocycles. The number of hydrogen-bond acceptors (Lipinski definition) is 3. The predicted molar refractivity (Wildman–Crippen MR) is 65.6 cm³/mol. The summed E-state index contributed by atoms with van der Waals surface area (Å²) in [4.78, 5) is 15.9. The zero-order valence-electron chi connectivity index (χ0n) is 9.40. The molecular formula is C12H13ClN3O+. The third-order valence-electron chi connectivity index (χ3n) is 3.23. The Morgan fingerprint density at radius 3 is 2.53 bits per heavy atom. The SMILES string of the molecule is N#Cc1ccc([N+]2(C(=O)Cl)CCCCC2)nc1. The fraction of sp³-hybridized carbons (Fsp3) is 0.417. The summed E-state index contributed by atoms with van der Waals surface area (Å²) in [5.41, 5.74) is 0.492. The second-order valence-corrected chi connectivity index (χ2v) is 4.57. The lowest BCUT2D eigenvalue weighted by atomic mass is 10.1. The van der Waals surface area contributed by atoms with Gasteiger partial charge in [0.15, 0.2) is 0 Å². The van der Waals surface area contributed by atoms with Crippen LogP contribution in [0.5, 0.6) is 0 Å². The van der Waals surface area contributed by atoms with Crippen molar-refractivity contribution in [1.82, 2.24) is 9.47 Å². The van der Waals surface area contributed by atoms with E-state index in [1.807, 2.05) is 6.07 Å². The number of piperidine rings is 1. The lowest BCUT2D eigenvalue weighted by Crippen LogP contribution is -2.55. The van der Waals surface area contributed by atoms with E-state index >= 15 is 0 Å². The minimum Gasteiger partial charge on any atom is -0.213 e. The molecule has 2 rings (SSSR count). The Kier molecular flexibility index (Phi) is 3.41. The van der Waals surface area contributed by atoms with Gasteiger partial charge in [-0.15, -0.1) is 0 Å². The molecule has 4 nitrogen and oxygen atoms in total. The quantitative estimate of drug-likeness (QED) is 0.438. The molecule has 0 bridgehead atoms. The average molecular weight is 251 g/mol. The fourth-order valence-electron chi connectivity index (χ4n) is 2.25. The van der Waals surface area contributed by atoms with Crippen LogP contribution < -0.4 is 4.48 Å². The van der Waals surface area contributed by atoms with Crippen LogP contribution in [-0.4, -0.2) is 23.4 Å². The summed E-state index contributed by atoms with van der Waals surface area (Å²) in [7, 11) is 0. The van der Waals surface area contributed by atoms with Crippen LogP contribution in [-0.2, 0) is 0 Å². The number of nitrogens with zero attached hydrogens (tertiary/aromatic N) is 3. The van der Waals surface area contributed by atoms with Crippen molar-refractivity contribution in [2.45, 2.75) is 19.3 Å². The van der Waals surface area contributed by atoms with Gasteiger partial charge in [0, 0.05) is 17.7 Å². The van der Waals surface area contributed by atoms with Gasteiger partial charge in [-0.2, -0.15) is 9.74 Å². The summed E-state index contributed by atoms with van der Waals surface area (Å²) in [6, 6.07) is 5.42. The van der Waals surface area contributed by atoms with Crippen molar-refractivity contribution >= 4 is 22.8 Å². The Balaban J connectivity index is 2.38. The summed E-state index contributed by atoms with van der Waals surface area (Å²) in [6.45, 7) is 1.39. The second-order valence-electron chi connectivity index (χ2n) is 4.25. The van der Waals surface area contributed by atoms with Gasteiger partial charge in [-0.25, -0.2) is 9.78 Å². The number of carbonyl (C=O) groups excluding carboxylic acids is 1. The molecule has 1 aliphatic rings. The average Bonchev–Trinajstić information content (AvgIpc) is 2.39. The summed E-state index contributed by atoms with van der Waals surface area (Å²) in [5, 5.41) is 8.34. The first-order valence-corrected chi connectivity index (χ1v) is 6.01. The number of carbonyl (C=O) groups is 1. The van der Waals surface area contributed by atoms with Crippen molar-refractivity contribution in [2.75, 3.05) is 13.1 Å². The third kappa shape index (κ3) is 2.17. The molecule has 0 aliphatic carbocycles. The molecule has 1 saturated heterocycles. The van der Waals surface area contributed by atoms with Crippen LogP contribution in [0.15, 0.2) is 18.3 Å². The van der Waals surface area contributed by atoms with Crippen molar-refractivity contribution in [3.8, 4) is 6.07 Å². The molecule has 1 fully saturated rings. The van der Waals surface area contributed by atoms with Gasteiger partial charge >= 0.3 is 5.37 Å². The number of pyridine rings is 1. The first-order valence-electron chi connectivity index (χ1n) is 5.63. The van der Waals surface area contributed by atoms with E-state index in [2.05, 4.69) is 4.98 Å². The largest absolute Gasteiger partial charge is 0.418 e. The highest BCUT2D eigenvalue weighted by Gasteiger charge is 2.40. The molecule has 0 radical (unpaired) electrons. The topological polar surface area (TPSA) is 53.8 Å². The van der Waals surface area contributed by atoms with Gasteiger partial charge in [0.25, 0.3) is 0 Å². The summed E-state index contributed by atoms with van der Waals surface area (Å²) in [6.07, 6.45) is 4.56. The highest BCUT2D eigenvalue weighted by atomic mass is 35.5. The Morgan fingerprint density at radius 2 is 2.06 bits per heavy atom. The van der Waals surface area contributed by atoms with Crippen LogP contribution in [0, 0.1) is 11.3 Å². The Hall–Kier alpha value is -1.44. The van der Waals surface area contributed by atoms with Gasteiger partial charge in [0.1, 0.15) is 6.07 Å². The van der Waals surface area contributed by atoms with E-state index in [0.717, 1.165) is 19.3 Å². The van der Waals surface area contributed by atoms with Crippen molar-refractivity contribution in [3.05, 3.63) is 23.9 Å². The van der Waals surface area contributed by atoms with Crippen LogP contribution in [0.25, 0.3) is 0 Å². The van der Waals surface area contributed by atoms with E-state index in [0.29, 0.717) is 24.5 Å². The standard InChI is InChI=1S/C12H13ClN3O/c13-12(17)16(6-2-1-3-7-16)11-5-4-10(8-14)9-15-11/h4-5,9H,1-3,6-7H2/q+1. The van der Waals surface area contributed by atoms with Gasteiger partial charge in [-0.1, -0.05) is 0 Å². The van der Waals surface area contributed by atoms with Gasteiger partial charge in [0.05, 0.1) is 24.8 Å². The summed E-state index contributed by atoms with van der Waals surface area (Å²) in [5.74, 6) is 0.642. The van der Waals surface area contributed by atoms with E-state index in [1.165, 1.54) is 6.20 Å². The van der Waals surface area contributed by atoms with E-state index in [4.69, 9.17) is 16.9 Å². The number of hydrogen-bond donors (Lipinski definition) is 0. The molecule has 0 saturated carbocycles. The number of likely N-dealkylation sites (tertiary alicyclic amines) is 1. The molecule has 0 spiro atoms. The number of rotatable bonds is 1. The molecule has 0 atom stereocenters. The van der Waals surface area contributed by atoms with Crippen LogP contribution in [0.1, 0.15) is 24.8 Å². The maximum atomic E-state index is 11.7. The number of nitriles is 1. The maximum absolute atomic E-state index is 11.7. The Bertz CT molecular complexity index is 458. The molecule has 1 aliphatic heterocycles. The van der Waals surface area contributed by atoms with E-state index in [9.17, 15) is 4.79 Å². The predicted octanol–water partition coefficient (Wildman–Crippen LogP) is 2.80. The van der Waals surface area contributed by atoms with Gasteiger partial charge in [-0.05, 0) is 25.3 Å². The van der Waals surface area contributed by atoms with Crippen molar-refractivity contribution in [2.24, 2.45) is 0 Å². The minimum absolute atomic E-state index is 0.104. The summed E-state index contributed by atoms with van der Waals surface area (Å²) >= 11 is 5.75. The first kappa shape index (κ1) is 12.0. The number of aromatic nitrogens is 1. The highest BCUT2D eigenvalue weighted by molar-refractivity contribution is 6.64. The van der Waals surface area contributed by atoms with Crippen LogP contribution in [0.3, 0.4) is 0 Å². The zero-order chi connectivity index (χ0) is 12.3. The number of amides is 1. The maximum Gasteiger partial charge on any atom is 0.418 e. The fourth-order valence-corrected chi connectivity index (χ4v) is 2.51. The lowest BCUT2D eigenvalue weighted by Gasteiger charge is -2.34. The minimum atomic E-state index is -0.387. The van der Waals surface area contributed by atoms with Crippen LogP contribution >= 0.6 is 11.6 Å². The third-order valence-corrected chi connectivity index (χ3v) is 3.56. The lowest BCUT2D eigenvalue weighted by molar-refractivity contribution is 0.208. The molecule has 5 heteroatoms. The molecular weight excluding hydrogens is 238 g/mol. The highest BCUT2D eigenvalue weighted by Crippen LogP contribution is 2.28. The molecule has 88 valence electrons. The van der Waals surface area contributed by atoms with Gasteiger partial charge < -0.3 is 0 Å².